The van der Waals surface area contributed by atoms with Crippen molar-refractivity contribution in [3.8, 4) is 12.1 Å². The maximum absolute atomic E-state index is 13.7. The second-order valence-electron chi connectivity index (χ2n) is 8.41. The zero-order chi connectivity index (χ0) is 20.1. The first-order valence-corrected chi connectivity index (χ1v) is 10.2. The van der Waals surface area contributed by atoms with Gasteiger partial charge in [0.05, 0.1) is 30.1 Å². The Morgan fingerprint density at radius 1 is 1.14 bits per heavy atom. The van der Waals surface area contributed by atoms with Gasteiger partial charge in [0.25, 0.3) is 0 Å². The van der Waals surface area contributed by atoms with Gasteiger partial charge in [-0.3, -0.25) is 4.79 Å². The molecular weight excluding hydrogens is 366 g/mol. The summed E-state index contributed by atoms with van der Waals surface area (Å²) in [5.74, 6) is -0.455. The van der Waals surface area contributed by atoms with Crippen molar-refractivity contribution >= 4 is 28.9 Å². The molecule has 0 aliphatic carbocycles. The van der Waals surface area contributed by atoms with Gasteiger partial charge in [0.2, 0.25) is 0 Å². The number of hydrogen-bond acceptors (Lipinski definition) is 5. The lowest BCUT2D eigenvalue weighted by molar-refractivity contribution is -0.127. The Morgan fingerprint density at radius 3 is 2.46 bits per heavy atom. The fourth-order valence-corrected chi connectivity index (χ4v) is 5.39. The summed E-state index contributed by atoms with van der Waals surface area (Å²) in [6, 6.07) is 15.3. The molecule has 140 valence electrons. The van der Waals surface area contributed by atoms with Gasteiger partial charge in [0.1, 0.15) is 0 Å². The van der Waals surface area contributed by atoms with Gasteiger partial charge in [-0.1, -0.05) is 57.2 Å². The van der Waals surface area contributed by atoms with Gasteiger partial charge >= 0.3 is 0 Å². The average Bonchev–Trinajstić information content (AvgIpc) is 3.30. The van der Waals surface area contributed by atoms with E-state index in [2.05, 4.69) is 12.1 Å². The molecule has 0 saturated carbocycles. The van der Waals surface area contributed by atoms with E-state index in [4.69, 9.17) is 0 Å². The van der Waals surface area contributed by atoms with E-state index in [1.807, 2.05) is 79.6 Å². The first kappa shape index (κ1) is 18.5. The third-order valence-corrected chi connectivity index (χ3v) is 6.73. The summed E-state index contributed by atoms with van der Waals surface area (Å²) in [4.78, 5) is 16.6. The highest BCUT2D eigenvalue weighted by atomic mass is 32.1. The van der Waals surface area contributed by atoms with Crippen molar-refractivity contribution in [3.63, 3.8) is 0 Å². The largest absolute Gasteiger partial charge is 0.351 e. The van der Waals surface area contributed by atoms with E-state index in [-0.39, 0.29) is 5.78 Å². The average molecular weight is 388 g/mol. The monoisotopic (exact) mass is 387 g/mol. The lowest BCUT2D eigenvalue weighted by Crippen LogP contribution is -2.47. The van der Waals surface area contributed by atoms with Crippen LogP contribution >= 0.6 is 11.3 Å². The number of carbonyl (C=O) groups excluding carboxylic acids is 1. The first-order valence-electron chi connectivity index (χ1n) is 9.31. The quantitative estimate of drug-likeness (QED) is 0.745. The predicted octanol–water partition coefficient (Wildman–Crippen LogP) is 4.76. The molecule has 28 heavy (non-hydrogen) atoms. The number of nitriles is 2. The number of fused-ring (bicyclic) bond motifs is 3. The molecule has 0 spiro atoms. The third kappa shape index (κ3) is 2.44. The number of benzene rings is 1. The van der Waals surface area contributed by atoms with Crippen LogP contribution in [0.5, 0.6) is 0 Å². The van der Waals surface area contributed by atoms with Gasteiger partial charge in [-0.2, -0.15) is 10.5 Å². The van der Waals surface area contributed by atoms with E-state index in [0.717, 1.165) is 16.1 Å². The van der Waals surface area contributed by atoms with E-state index >= 15 is 0 Å². The second-order valence-corrected chi connectivity index (χ2v) is 9.39. The smallest absolute Gasteiger partial charge is 0.177 e. The number of ketones is 1. The van der Waals surface area contributed by atoms with Gasteiger partial charge in [-0.25, -0.2) is 0 Å². The molecule has 2 aliphatic heterocycles. The number of anilines is 1. The predicted molar refractivity (Wildman–Crippen MR) is 111 cm³/mol. The first-order chi connectivity index (χ1) is 13.3. The fourth-order valence-electron chi connectivity index (χ4n) is 4.45. The molecule has 2 aliphatic rings. The SMILES string of the molecule is CC(C)(C)C(=O)C1C(c2cccs2)C(C#N)(C#N)C2C=Cc3ccccc3N12. The van der Waals surface area contributed by atoms with Crippen LogP contribution in [0.1, 0.15) is 37.1 Å². The molecule has 0 radical (unpaired) electrons. The fraction of sp³-hybridized carbons (Fsp3) is 0.348. The minimum absolute atomic E-state index is 0.0494. The molecular formula is C23H21N3OS. The second kappa shape index (κ2) is 6.33. The molecule has 1 aromatic carbocycles. The van der Waals surface area contributed by atoms with E-state index in [1.165, 1.54) is 11.3 Å². The van der Waals surface area contributed by atoms with Gasteiger partial charge in [-0.05, 0) is 23.1 Å². The molecule has 4 rings (SSSR count). The summed E-state index contributed by atoms with van der Waals surface area (Å²) in [7, 11) is 0. The van der Waals surface area contributed by atoms with Crippen molar-refractivity contribution in [3.05, 3.63) is 58.3 Å². The number of carbonyl (C=O) groups is 1. The summed E-state index contributed by atoms with van der Waals surface area (Å²) in [5.41, 5.74) is -0.0175. The Bertz CT molecular complexity index is 1020. The highest BCUT2D eigenvalue weighted by molar-refractivity contribution is 7.10. The molecule has 0 N–H and O–H groups in total. The minimum Gasteiger partial charge on any atom is -0.351 e. The molecule has 1 aromatic heterocycles. The Hall–Kier alpha value is -2.89. The molecule has 5 heteroatoms. The Morgan fingerprint density at radius 2 is 1.86 bits per heavy atom. The van der Waals surface area contributed by atoms with E-state index in [1.54, 1.807) is 0 Å². The Balaban J connectivity index is 2.02. The lowest BCUT2D eigenvalue weighted by Gasteiger charge is -2.37. The molecule has 3 unspecified atom stereocenters. The van der Waals surface area contributed by atoms with Crippen LogP contribution in [0.4, 0.5) is 5.69 Å². The van der Waals surface area contributed by atoms with Crippen molar-refractivity contribution in [2.75, 3.05) is 4.90 Å². The summed E-state index contributed by atoms with van der Waals surface area (Å²) >= 11 is 1.51. The topological polar surface area (TPSA) is 67.9 Å². The van der Waals surface area contributed by atoms with Crippen LogP contribution in [-0.2, 0) is 4.79 Å². The maximum atomic E-state index is 13.7. The third-order valence-electron chi connectivity index (χ3n) is 5.77. The van der Waals surface area contributed by atoms with Crippen LogP contribution < -0.4 is 4.90 Å². The number of thiophene rings is 1. The van der Waals surface area contributed by atoms with Crippen molar-refractivity contribution in [1.82, 2.24) is 0 Å². The van der Waals surface area contributed by atoms with Crippen molar-refractivity contribution < 1.29 is 4.79 Å². The minimum atomic E-state index is -1.33. The number of Topliss-reactive ketones (excluding diaryl/α,β-unsaturated/α-hetero) is 1. The highest BCUT2D eigenvalue weighted by Gasteiger charge is 2.64. The van der Waals surface area contributed by atoms with Crippen molar-refractivity contribution in [2.45, 2.75) is 38.8 Å². The van der Waals surface area contributed by atoms with Crippen molar-refractivity contribution in [1.29, 1.82) is 10.5 Å². The summed E-state index contributed by atoms with van der Waals surface area (Å²) in [6.45, 7) is 5.71. The van der Waals surface area contributed by atoms with Crippen LogP contribution in [-0.4, -0.2) is 17.9 Å². The molecule has 0 bridgehead atoms. The molecule has 2 aromatic rings. The Kier molecular flexibility index (Phi) is 4.17. The van der Waals surface area contributed by atoms with Crippen LogP contribution in [0.15, 0.2) is 47.9 Å². The zero-order valence-electron chi connectivity index (χ0n) is 16.1. The van der Waals surface area contributed by atoms with Gasteiger partial charge in [0.15, 0.2) is 11.2 Å². The van der Waals surface area contributed by atoms with E-state index < -0.39 is 28.8 Å². The standard InChI is InChI=1S/C23H21N3OS/c1-22(2,3)21(27)20-19(17-9-6-12-28-17)23(13-24,14-25)18-11-10-15-7-4-5-8-16(15)26(18)20/h4-12,18-20H,1-3H3. The van der Waals surface area contributed by atoms with Crippen LogP contribution in [0, 0.1) is 33.5 Å². The highest BCUT2D eigenvalue weighted by Crippen LogP contribution is 2.56. The summed E-state index contributed by atoms with van der Waals surface area (Å²) in [6.07, 6.45) is 3.89. The Labute approximate surface area is 169 Å². The van der Waals surface area contributed by atoms with Crippen LogP contribution in [0.2, 0.25) is 0 Å². The maximum Gasteiger partial charge on any atom is 0.177 e. The molecule has 3 atom stereocenters. The number of para-hydroxylation sites is 1. The van der Waals surface area contributed by atoms with Gasteiger partial charge < -0.3 is 4.90 Å². The lowest BCUT2D eigenvalue weighted by atomic mass is 9.70. The normalized spacial score (nSPS) is 24.8. The molecule has 3 heterocycles. The van der Waals surface area contributed by atoms with Crippen LogP contribution in [0.25, 0.3) is 6.08 Å². The number of nitrogens with zero attached hydrogens (tertiary/aromatic N) is 3. The summed E-state index contributed by atoms with van der Waals surface area (Å²) in [5, 5.41) is 22.4. The zero-order valence-corrected chi connectivity index (χ0v) is 16.9. The summed E-state index contributed by atoms with van der Waals surface area (Å²) < 4.78 is 0. The van der Waals surface area contributed by atoms with Gasteiger partial charge in [0, 0.05) is 16.0 Å². The van der Waals surface area contributed by atoms with Crippen molar-refractivity contribution in [2.24, 2.45) is 10.8 Å². The van der Waals surface area contributed by atoms with E-state index in [0.29, 0.717) is 0 Å². The number of rotatable bonds is 2. The molecule has 1 fully saturated rings. The molecule has 0 amide bonds. The van der Waals surface area contributed by atoms with Gasteiger partial charge in [-0.15, -0.1) is 11.3 Å². The number of hydrogen-bond donors (Lipinski definition) is 0. The van der Waals surface area contributed by atoms with E-state index in [9.17, 15) is 15.3 Å². The van der Waals surface area contributed by atoms with Crippen LogP contribution in [0.3, 0.4) is 0 Å². The molecule has 1 saturated heterocycles. The molecule has 4 nitrogen and oxygen atoms in total.